The Morgan fingerprint density at radius 1 is 1.07 bits per heavy atom. The second-order valence-corrected chi connectivity index (χ2v) is 7.36. The smallest absolute Gasteiger partial charge is 0.307 e. The molecule has 1 fully saturated rings. The van der Waals surface area contributed by atoms with E-state index < -0.39 is 0 Å². The number of rotatable bonds is 6. The molecule has 4 rings (SSSR count). The lowest BCUT2D eigenvalue weighted by Crippen LogP contribution is -2.33. The van der Waals surface area contributed by atoms with Gasteiger partial charge in [0, 0.05) is 47.5 Å². The molecule has 1 N–H and O–H groups in total. The normalized spacial score (nSPS) is 20.5. The summed E-state index contributed by atoms with van der Waals surface area (Å²) in [6, 6.07) is 17.1. The van der Waals surface area contributed by atoms with E-state index in [4.69, 9.17) is 4.74 Å². The van der Waals surface area contributed by atoms with Gasteiger partial charge in [0.2, 0.25) is 0 Å². The Kier molecular flexibility index (Phi) is 5.14. The first-order chi connectivity index (χ1) is 13.2. The van der Waals surface area contributed by atoms with Crippen molar-refractivity contribution in [3.63, 3.8) is 0 Å². The highest BCUT2D eigenvalue weighted by atomic mass is 16.5. The molecule has 0 saturated carbocycles. The van der Waals surface area contributed by atoms with E-state index in [9.17, 15) is 9.90 Å². The van der Waals surface area contributed by atoms with Crippen LogP contribution in [0.15, 0.2) is 48.5 Å². The molecule has 1 aliphatic rings. The number of benzene rings is 2. The molecule has 0 amide bonds. The summed E-state index contributed by atoms with van der Waals surface area (Å²) in [4.78, 5) is 13.9. The number of hydrogen-bond donors (Lipinski definition) is 1. The van der Waals surface area contributed by atoms with E-state index >= 15 is 0 Å². The minimum atomic E-state index is -0.354. The van der Waals surface area contributed by atoms with Crippen LogP contribution < -0.4 is 0 Å². The summed E-state index contributed by atoms with van der Waals surface area (Å²) in [6.45, 7) is 2.40. The quantitative estimate of drug-likeness (QED) is 0.681. The molecular formula is C22H26N2O3. The van der Waals surface area contributed by atoms with Crippen molar-refractivity contribution in [2.45, 2.75) is 38.0 Å². The number of likely N-dealkylation sites (tertiary alicyclic amines) is 1. The number of hydrogen-bond acceptors (Lipinski definition) is 4. The van der Waals surface area contributed by atoms with Crippen molar-refractivity contribution in [3.8, 4) is 0 Å². The largest absolute Gasteiger partial charge is 0.469 e. The van der Waals surface area contributed by atoms with Crippen LogP contribution in [-0.4, -0.2) is 52.9 Å². The molecule has 1 saturated heterocycles. The van der Waals surface area contributed by atoms with Crippen molar-refractivity contribution in [3.05, 3.63) is 48.5 Å². The Morgan fingerprint density at radius 2 is 1.70 bits per heavy atom. The summed E-state index contributed by atoms with van der Waals surface area (Å²) in [7, 11) is 1.42. The molecule has 5 heteroatoms. The fraction of sp³-hybridized carbons (Fsp3) is 0.409. The fourth-order valence-corrected chi connectivity index (χ4v) is 4.40. The standard InChI is InChI=1S/C22H26N2O3/c1-27-22(26)14-16-13-17(25)15-23(16)11-6-12-24-20-9-4-2-7-18(20)19-8-3-5-10-21(19)24/h2-5,7-10,16-17,25H,6,11-15H2,1H3/t16-,17+/m0/s1. The van der Waals surface area contributed by atoms with E-state index in [1.54, 1.807) is 0 Å². The molecule has 0 bridgehead atoms. The lowest BCUT2D eigenvalue weighted by atomic mass is 10.1. The van der Waals surface area contributed by atoms with Crippen LogP contribution in [-0.2, 0) is 16.1 Å². The number of ether oxygens (including phenoxy) is 1. The van der Waals surface area contributed by atoms with Crippen LogP contribution in [0.5, 0.6) is 0 Å². The van der Waals surface area contributed by atoms with Gasteiger partial charge in [-0.3, -0.25) is 9.69 Å². The van der Waals surface area contributed by atoms with Gasteiger partial charge < -0.3 is 14.4 Å². The molecular weight excluding hydrogens is 340 g/mol. The number of para-hydroxylation sites is 2. The first-order valence-corrected chi connectivity index (χ1v) is 9.62. The molecule has 2 aromatic carbocycles. The number of aryl methyl sites for hydroxylation is 1. The third-order valence-electron chi connectivity index (χ3n) is 5.64. The molecule has 0 unspecified atom stereocenters. The van der Waals surface area contributed by atoms with Gasteiger partial charge in [-0.2, -0.15) is 0 Å². The van der Waals surface area contributed by atoms with Crippen LogP contribution in [0, 0.1) is 0 Å². The maximum atomic E-state index is 11.6. The minimum Gasteiger partial charge on any atom is -0.469 e. The van der Waals surface area contributed by atoms with Crippen molar-refractivity contribution in [1.82, 2.24) is 9.47 Å². The summed E-state index contributed by atoms with van der Waals surface area (Å²) in [5.74, 6) is -0.207. The summed E-state index contributed by atoms with van der Waals surface area (Å²) >= 11 is 0. The average molecular weight is 366 g/mol. The molecule has 0 aliphatic carbocycles. The number of nitrogens with zero attached hydrogens (tertiary/aromatic N) is 2. The predicted molar refractivity (Wildman–Crippen MR) is 107 cm³/mol. The number of fused-ring (bicyclic) bond motifs is 3. The van der Waals surface area contributed by atoms with Crippen molar-refractivity contribution < 1.29 is 14.6 Å². The van der Waals surface area contributed by atoms with Crippen molar-refractivity contribution in [2.75, 3.05) is 20.2 Å². The van der Waals surface area contributed by atoms with Crippen LogP contribution in [0.2, 0.25) is 0 Å². The van der Waals surface area contributed by atoms with Gasteiger partial charge in [-0.05, 0) is 25.0 Å². The van der Waals surface area contributed by atoms with Gasteiger partial charge in [-0.25, -0.2) is 0 Å². The van der Waals surface area contributed by atoms with Crippen LogP contribution >= 0.6 is 0 Å². The Hall–Kier alpha value is -2.37. The van der Waals surface area contributed by atoms with Crippen LogP contribution in [0.3, 0.4) is 0 Å². The molecule has 0 radical (unpaired) electrons. The summed E-state index contributed by atoms with van der Waals surface area (Å²) in [6.07, 6.45) is 1.61. The fourth-order valence-electron chi connectivity index (χ4n) is 4.40. The second kappa shape index (κ2) is 7.71. The highest BCUT2D eigenvalue weighted by Crippen LogP contribution is 2.29. The van der Waals surface area contributed by atoms with E-state index in [0.29, 0.717) is 19.4 Å². The number of β-amino-alcohol motifs (C(OH)–C–C–N with tert-alkyl or cyclic N) is 1. The third kappa shape index (κ3) is 3.57. The van der Waals surface area contributed by atoms with Gasteiger partial charge in [-0.1, -0.05) is 36.4 Å². The van der Waals surface area contributed by atoms with Gasteiger partial charge in [-0.15, -0.1) is 0 Å². The van der Waals surface area contributed by atoms with Crippen molar-refractivity contribution in [1.29, 1.82) is 0 Å². The number of aliphatic hydroxyl groups is 1. The number of carbonyl (C=O) groups is 1. The van der Waals surface area contributed by atoms with Crippen LogP contribution in [0.1, 0.15) is 19.3 Å². The lowest BCUT2D eigenvalue weighted by Gasteiger charge is -2.23. The molecule has 1 aliphatic heterocycles. The highest BCUT2D eigenvalue weighted by Gasteiger charge is 2.32. The predicted octanol–water partition coefficient (Wildman–Crippen LogP) is 3.18. The maximum absolute atomic E-state index is 11.6. The molecule has 2 atom stereocenters. The molecule has 2 heterocycles. The minimum absolute atomic E-state index is 0.0746. The van der Waals surface area contributed by atoms with Gasteiger partial charge in [0.25, 0.3) is 0 Å². The molecule has 1 aromatic heterocycles. The van der Waals surface area contributed by atoms with E-state index in [1.165, 1.54) is 28.9 Å². The van der Waals surface area contributed by atoms with Gasteiger partial charge in [0.05, 0.1) is 19.6 Å². The average Bonchev–Trinajstić information content (AvgIpc) is 3.20. The number of esters is 1. The molecule has 5 nitrogen and oxygen atoms in total. The van der Waals surface area contributed by atoms with E-state index in [1.807, 2.05) is 0 Å². The molecule has 27 heavy (non-hydrogen) atoms. The van der Waals surface area contributed by atoms with Crippen molar-refractivity contribution in [2.24, 2.45) is 0 Å². The zero-order valence-electron chi connectivity index (χ0n) is 15.7. The lowest BCUT2D eigenvalue weighted by molar-refractivity contribution is -0.141. The molecule has 0 spiro atoms. The zero-order valence-corrected chi connectivity index (χ0v) is 15.7. The number of aromatic nitrogens is 1. The first-order valence-electron chi connectivity index (χ1n) is 9.62. The maximum Gasteiger partial charge on any atom is 0.307 e. The number of methoxy groups -OCH3 is 1. The zero-order chi connectivity index (χ0) is 18.8. The van der Waals surface area contributed by atoms with Gasteiger partial charge >= 0.3 is 5.97 Å². The molecule has 3 aromatic rings. The van der Waals surface area contributed by atoms with Gasteiger partial charge in [0.1, 0.15) is 0 Å². The van der Waals surface area contributed by atoms with E-state index in [0.717, 1.165) is 19.5 Å². The number of aliphatic hydroxyl groups excluding tert-OH is 1. The Bertz CT molecular complexity index is 896. The number of carbonyl (C=O) groups excluding carboxylic acids is 1. The monoisotopic (exact) mass is 366 g/mol. The van der Waals surface area contributed by atoms with E-state index in [-0.39, 0.29) is 18.1 Å². The van der Waals surface area contributed by atoms with Crippen LogP contribution in [0.25, 0.3) is 21.8 Å². The highest BCUT2D eigenvalue weighted by molar-refractivity contribution is 6.07. The summed E-state index contributed by atoms with van der Waals surface area (Å²) in [5, 5.41) is 12.6. The Morgan fingerprint density at radius 3 is 2.33 bits per heavy atom. The van der Waals surface area contributed by atoms with Crippen LogP contribution in [0.4, 0.5) is 0 Å². The van der Waals surface area contributed by atoms with Crippen molar-refractivity contribution >= 4 is 27.8 Å². The second-order valence-electron chi connectivity index (χ2n) is 7.36. The Labute approximate surface area is 159 Å². The first kappa shape index (κ1) is 18.0. The molecule has 142 valence electrons. The Balaban J connectivity index is 1.49. The van der Waals surface area contributed by atoms with Gasteiger partial charge in [0.15, 0.2) is 0 Å². The summed E-state index contributed by atoms with van der Waals surface area (Å²) in [5.41, 5.74) is 2.51. The van der Waals surface area contributed by atoms with E-state index in [2.05, 4.69) is 58.0 Å². The third-order valence-corrected chi connectivity index (χ3v) is 5.64. The SMILES string of the molecule is COC(=O)C[C@@H]1C[C@@H](O)CN1CCCn1c2ccccc2c2ccccc21. The summed E-state index contributed by atoms with van der Waals surface area (Å²) < 4.78 is 7.19. The topological polar surface area (TPSA) is 54.7 Å².